The molecule has 0 fully saturated rings. The number of anilines is 1. The first-order valence-corrected chi connectivity index (χ1v) is 7.28. The fraction of sp³-hybridized carbons (Fsp3) is 0.333. The minimum absolute atomic E-state index is 0.939. The number of nitrogens with one attached hydrogen (secondary N) is 1. The Balaban J connectivity index is 1.75. The van der Waals surface area contributed by atoms with Crippen molar-refractivity contribution in [3.8, 4) is 0 Å². The van der Waals surface area contributed by atoms with E-state index in [9.17, 15) is 0 Å². The van der Waals surface area contributed by atoms with E-state index in [2.05, 4.69) is 46.7 Å². The fourth-order valence-electron chi connectivity index (χ4n) is 1.43. The summed E-state index contributed by atoms with van der Waals surface area (Å²) >= 11 is 3.40. The van der Waals surface area contributed by atoms with Crippen LogP contribution in [0.25, 0.3) is 0 Å². The van der Waals surface area contributed by atoms with Gasteiger partial charge in [0.15, 0.2) is 4.34 Å². The summed E-state index contributed by atoms with van der Waals surface area (Å²) in [5, 5.41) is 12.5. The number of hydrogen-bond donors (Lipinski definition) is 1. The number of thioether (sulfide) groups is 1. The van der Waals surface area contributed by atoms with Gasteiger partial charge >= 0.3 is 0 Å². The average molecular weight is 265 g/mol. The number of hydrogen-bond acceptors (Lipinski definition) is 5. The summed E-state index contributed by atoms with van der Waals surface area (Å²) in [6, 6.07) is 8.33. The van der Waals surface area contributed by atoms with Crippen molar-refractivity contribution in [3.05, 3.63) is 34.8 Å². The van der Waals surface area contributed by atoms with Crippen LogP contribution in [0.2, 0.25) is 0 Å². The Bertz CT molecular complexity index is 482. The normalized spacial score (nSPS) is 10.5. The minimum atomic E-state index is 0.939. The lowest BCUT2D eigenvalue weighted by Gasteiger charge is -2.07. The van der Waals surface area contributed by atoms with E-state index in [1.165, 1.54) is 11.3 Å². The second-order valence-corrected chi connectivity index (χ2v) is 6.20. The van der Waals surface area contributed by atoms with Gasteiger partial charge in [-0.05, 0) is 25.5 Å². The van der Waals surface area contributed by atoms with Crippen molar-refractivity contribution in [3.63, 3.8) is 0 Å². The molecule has 1 aromatic carbocycles. The number of aromatic nitrogens is 2. The van der Waals surface area contributed by atoms with Gasteiger partial charge in [0.1, 0.15) is 5.01 Å². The van der Waals surface area contributed by atoms with Gasteiger partial charge in [-0.3, -0.25) is 0 Å². The van der Waals surface area contributed by atoms with Gasteiger partial charge in [-0.25, -0.2) is 0 Å². The lowest BCUT2D eigenvalue weighted by atomic mass is 10.2. The van der Waals surface area contributed by atoms with E-state index in [0.29, 0.717) is 0 Å². The molecule has 0 atom stereocenters. The topological polar surface area (TPSA) is 37.8 Å². The molecule has 3 nitrogen and oxygen atoms in total. The third-order valence-electron chi connectivity index (χ3n) is 2.30. The quantitative estimate of drug-likeness (QED) is 0.664. The van der Waals surface area contributed by atoms with Crippen LogP contribution in [0.5, 0.6) is 0 Å². The highest BCUT2D eigenvalue weighted by molar-refractivity contribution is 8.01. The molecule has 0 aliphatic carbocycles. The minimum Gasteiger partial charge on any atom is -0.384 e. The maximum atomic E-state index is 4.08. The van der Waals surface area contributed by atoms with Crippen molar-refractivity contribution in [2.24, 2.45) is 0 Å². The summed E-state index contributed by atoms with van der Waals surface area (Å²) in [5.74, 6) is 1.00. The molecule has 1 heterocycles. The van der Waals surface area contributed by atoms with E-state index in [1.807, 2.05) is 6.92 Å². The maximum Gasteiger partial charge on any atom is 0.174 e. The third-order valence-corrected chi connectivity index (χ3v) is 4.27. The molecule has 0 radical (unpaired) electrons. The van der Waals surface area contributed by atoms with Crippen LogP contribution >= 0.6 is 23.1 Å². The van der Waals surface area contributed by atoms with Gasteiger partial charge in [-0.15, -0.1) is 10.2 Å². The van der Waals surface area contributed by atoms with Gasteiger partial charge in [-0.1, -0.05) is 41.3 Å². The Hall–Kier alpha value is -1.07. The van der Waals surface area contributed by atoms with E-state index >= 15 is 0 Å². The molecule has 0 saturated heterocycles. The molecule has 90 valence electrons. The van der Waals surface area contributed by atoms with Crippen LogP contribution in [0.3, 0.4) is 0 Å². The second-order valence-electron chi connectivity index (χ2n) is 3.68. The standard InChI is InChI=1S/C12H15N3S2/c1-9-5-3-4-6-11(9)13-7-8-16-12-15-14-10(2)17-12/h3-6,13H,7-8H2,1-2H3. The molecular formula is C12H15N3S2. The molecule has 1 N–H and O–H groups in total. The molecule has 0 amide bonds. The van der Waals surface area contributed by atoms with Crippen LogP contribution in [0, 0.1) is 13.8 Å². The van der Waals surface area contributed by atoms with E-state index in [1.54, 1.807) is 23.1 Å². The van der Waals surface area contributed by atoms with Crippen molar-refractivity contribution in [1.29, 1.82) is 0 Å². The van der Waals surface area contributed by atoms with E-state index in [0.717, 1.165) is 21.6 Å². The fourth-order valence-corrected chi connectivity index (χ4v) is 3.17. The largest absolute Gasteiger partial charge is 0.384 e. The Morgan fingerprint density at radius 2 is 2.06 bits per heavy atom. The van der Waals surface area contributed by atoms with Crippen molar-refractivity contribution in [2.75, 3.05) is 17.6 Å². The van der Waals surface area contributed by atoms with Crippen molar-refractivity contribution in [1.82, 2.24) is 10.2 Å². The highest BCUT2D eigenvalue weighted by Crippen LogP contribution is 2.21. The Kier molecular flexibility index (Phi) is 4.39. The lowest BCUT2D eigenvalue weighted by Crippen LogP contribution is -2.04. The number of rotatable bonds is 5. The Morgan fingerprint density at radius 3 is 2.76 bits per heavy atom. The van der Waals surface area contributed by atoms with Crippen molar-refractivity contribution >= 4 is 28.8 Å². The monoisotopic (exact) mass is 265 g/mol. The van der Waals surface area contributed by atoms with Gasteiger partial charge in [0.2, 0.25) is 0 Å². The molecule has 0 unspecified atom stereocenters. The lowest BCUT2D eigenvalue weighted by molar-refractivity contribution is 0.983. The van der Waals surface area contributed by atoms with E-state index < -0.39 is 0 Å². The Labute approximate surface area is 110 Å². The molecule has 2 rings (SSSR count). The molecule has 0 spiro atoms. The first-order chi connectivity index (χ1) is 8.25. The number of para-hydroxylation sites is 1. The van der Waals surface area contributed by atoms with E-state index in [4.69, 9.17) is 0 Å². The van der Waals surface area contributed by atoms with Gasteiger partial charge < -0.3 is 5.32 Å². The van der Waals surface area contributed by atoms with Crippen LogP contribution < -0.4 is 5.32 Å². The molecule has 17 heavy (non-hydrogen) atoms. The van der Waals surface area contributed by atoms with Gasteiger partial charge in [0.25, 0.3) is 0 Å². The van der Waals surface area contributed by atoms with Crippen LogP contribution in [0.4, 0.5) is 5.69 Å². The molecule has 5 heteroatoms. The summed E-state index contributed by atoms with van der Waals surface area (Å²) < 4.78 is 1.05. The predicted molar refractivity (Wildman–Crippen MR) is 75.0 cm³/mol. The van der Waals surface area contributed by atoms with Crippen LogP contribution in [-0.4, -0.2) is 22.5 Å². The molecule has 0 bridgehead atoms. The van der Waals surface area contributed by atoms with Crippen LogP contribution in [0.15, 0.2) is 28.6 Å². The molecule has 1 aromatic heterocycles. The highest BCUT2D eigenvalue weighted by atomic mass is 32.2. The van der Waals surface area contributed by atoms with Gasteiger partial charge in [0.05, 0.1) is 0 Å². The highest BCUT2D eigenvalue weighted by Gasteiger charge is 2.01. The van der Waals surface area contributed by atoms with Gasteiger partial charge in [0, 0.05) is 18.0 Å². The number of nitrogens with zero attached hydrogens (tertiary/aromatic N) is 2. The van der Waals surface area contributed by atoms with Crippen molar-refractivity contribution < 1.29 is 0 Å². The number of aryl methyl sites for hydroxylation is 2. The first-order valence-electron chi connectivity index (χ1n) is 5.48. The summed E-state index contributed by atoms with van der Waals surface area (Å²) in [6.07, 6.45) is 0. The smallest absolute Gasteiger partial charge is 0.174 e. The van der Waals surface area contributed by atoms with E-state index in [-0.39, 0.29) is 0 Å². The molecule has 0 aliphatic heterocycles. The predicted octanol–water partition coefficient (Wildman–Crippen LogP) is 3.36. The average Bonchev–Trinajstić information content (AvgIpc) is 2.73. The maximum absolute atomic E-state index is 4.08. The van der Waals surface area contributed by atoms with Crippen molar-refractivity contribution in [2.45, 2.75) is 18.2 Å². The molecular weight excluding hydrogens is 250 g/mol. The Morgan fingerprint density at radius 1 is 1.24 bits per heavy atom. The molecule has 2 aromatic rings. The summed E-state index contributed by atoms with van der Waals surface area (Å²) in [6.45, 7) is 5.03. The zero-order chi connectivity index (χ0) is 12.1. The SMILES string of the molecule is Cc1nnc(SCCNc2ccccc2C)s1. The molecule has 0 saturated carbocycles. The van der Waals surface area contributed by atoms with Crippen LogP contribution in [0.1, 0.15) is 10.6 Å². The van der Waals surface area contributed by atoms with Gasteiger partial charge in [-0.2, -0.15) is 0 Å². The first kappa shape index (κ1) is 12.4. The summed E-state index contributed by atoms with van der Waals surface area (Å²) in [7, 11) is 0. The second kappa shape index (κ2) is 6.02. The molecule has 0 aliphatic rings. The zero-order valence-electron chi connectivity index (χ0n) is 9.93. The summed E-state index contributed by atoms with van der Waals surface area (Å²) in [5.41, 5.74) is 2.49. The number of benzene rings is 1. The van der Waals surface area contributed by atoms with Crippen LogP contribution in [-0.2, 0) is 0 Å². The summed E-state index contributed by atoms with van der Waals surface area (Å²) in [4.78, 5) is 0. The zero-order valence-corrected chi connectivity index (χ0v) is 11.6. The third kappa shape index (κ3) is 3.71.